The third-order valence-electron chi connectivity index (χ3n) is 1.99. The maximum absolute atomic E-state index is 13.4. The lowest BCUT2D eigenvalue weighted by molar-refractivity contribution is -0.115. The molecule has 1 N–H and O–H groups in total. The van der Waals surface area contributed by atoms with Crippen LogP contribution >= 0.6 is 11.3 Å². The predicted molar refractivity (Wildman–Crippen MR) is 64.2 cm³/mol. The molecule has 7 heteroatoms. The van der Waals surface area contributed by atoms with Crippen molar-refractivity contribution in [3.63, 3.8) is 0 Å². The second kappa shape index (κ2) is 5.33. The molecule has 0 saturated heterocycles. The molecule has 18 heavy (non-hydrogen) atoms. The normalized spacial score (nSPS) is 9.78. The summed E-state index contributed by atoms with van der Waals surface area (Å²) >= 11 is 1.15. The molecular formula is C11H7FN4OS. The Labute approximate surface area is 106 Å². The first kappa shape index (κ1) is 12.1. The molecule has 5 nitrogen and oxygen atoms in total. The van der Waals surface area contributed by atoms with E-state index in [0.717, 1.165) is 11.3 Å². The van der Waals surface area contributed by atoms with Gasteiger partial charge in [-0.05, 0) is 12.1 Å². The van der Waals surface area contributed by atoms with Crippen LogP contribution in [0.1, 0.15) is 6.42 Å². The Hall–Kier alpha value is -2.33. The number of aromatic nitrogens is 2. The van der Waals surface area contributed by atoms with Crippen molar-refractivity contribution < 1.29 is 9.18 Å². The molecule has 0 saturated carbocycles. The fourth-order valence-electron chi connectivity index (χ4n) is 1.25. The number of hydrogen-bond acceptors (Lipinski definition) is 5. The molecule has 0 bridgehead atoms. The van der Waals surface area contributed by atoms with E-state index in [1.165, 1.54) is 18.3 Å². The molecule has 2 aromatic heterocycles. The molecule has 0 aliphatic carbocycles. The summed E-state index contributed by atoms with van der Waals surface area (Å²) in [5, 5.41) is 12.7. The Morgan fingerprint density at radius 3 is 3.17 bits per heavy atom. The summed E-state index contributed by atoms with van der Waals surface area (Å²) in [6.07, 6.45) is 1.22. The lowest BCUT2D eigenvalue weighted by Crippen LogP contribution is -2.09. The molecule has 90 valence electrons. The van der Waals surface area contributed by atoms with Gasteiger partial charge in [0.15, 0.2) is 10.9 Å². The lowest BCUT2D eigenvalue weighted by Gasteiger charge is -1.97. The minimum Gasteiger partial charge on any atom is -0.301 e. The lowest BCUT2D eigenvalue weighted by atomic mass is 10.3. The average Bonchev–Trinajstić information content (AvgIpc) is 2.78. The zero-order valence-corrected chi connectivity index (χ0v) is 9.87. The topological polar surface area (TPSA) is 78.7 Å². The summed E-state index contributed by atoms with van der Waals surface area (Å²) < 4.78 is 13.4. The van der Waals surface area contributed by atoms with Crippen molar-refractivity contribution in [3.05, 3.63) is 29.5 Å². The van der Waals surface area contributed by atoms with E-state index < -0.39 is 11.7 Å². The molecule has 0 aliphatic heterocycles. The van der Waals surface area contributed by atoms with E-state index in [0.29, 0.717) is 10.8 Å². The number of carbonyl (C=O) groups excluding carboxylic acids is 1. The van der Waals surface area contributed by atoms with Gasteiger partial charge in [-0.25, -0.2) is 9.37 Å². The molecule has 0 radical (unpaired) electrons. The first-order valence-corrected chi connectivity index (χ1v) is 5.82. The van der Waals surface area contributed by atoms with Gasteiger partial charge < -0.3 is 5.32 Å². The van der Waals surface area contributed by atoms with Gasteiger partial charge in [-0.3, -0.25) is 9.78 Å². The van der Waals surface area contributed by atoms with Gasteiger partial charge in [-0.1, -0.05) is 0 Å². The fraction of sp³-hybridized carbons (Fsp3) is 0.0909. The maximum atomic E-state index is 13.4. The number of carbonyl (C=O) groups is 1. The van der Waals surface area contributed by atoms with Gasteiger partial charge in [-0.15, -0.1) is 11.3 Å². The Bertz CT molecular complexity index is 620. The standard InChI is InChI=1S/C11H7FN4OS/c12-7-2-1-5-14-10(7)8-6-18-11(15-8)16-9(17)3-4-13/h1-2,5-6H,3H2,(H,15,16,17). The maximum Gasteiger partial charge on any atom is 0.240 e. The summed E-state index contributed by atoms with van der Waals surface area (Å²) in [4.78, 5) is 19.1. The molecule has 0 fully saturated rings. The van der Waals surface area contributed by atoms with Gasteiger partial charge in [0.05, 0.1) is 6.07 Å². The number of anilines is 1. The van der Waals surface area contributed by atoms with Crippen LogP contribution < -0.4 is 5.32 Å². The van der Waals surface area contributed by atoms with Gasteiger partial charge in [0, 0.05) is 11.6 Å². The summed E-state index contributed by atoms with van der Waals surface area (Å²) in [6.45, 7) is 0. The molecule has 0 aliphatic rings. The number of halogens is 1. The van der Waals surface area contributed by atoms with E-state index >= 15 is 0 Å². The van der Waals surface area contributed by atoms with Crippen molar-refractivity contribution in [1.29, 1.82) is 5.26 Å². The smallest absolute Gasteiger partial charge is 0.240 e. The van der Waals surface area contributed by atoms with Gasteiger partial charge >= 0.3 is 0 Å². The average molecular weight is 262 g/mol. The van der Waals surface area contributed by atoms with Gasteiger partial charge in [0.1, 0.15) is 17.8 Å². The quantitative estimate of drug-likeness (QED) is 0.919. The highest BCUT2D eigenvalue weighted by Gasteiger charge is 2.11. The summed E-state index contributed by atoms with van der Waals surface area (Å²) in [6, 6.07) is 4.50. The molecule has 1 amide bonds. The molecule has 0 spiro atoms. The molecule has 2 heterocycles. The highest BCUT2D eigenvalue weighted by Crippen LogP contribution is 2.25. The number of amides is 1. The highest BCUT2D eigenvalue weighted by atomic mass is 32.1. The number of nitrogens with zero attached hydrogens (tertiary/aromatic N) is 3. The number of nitriles is 1. The third kappa shape index (κ3) is 2.67. The van der Waals surface area contributed by atoms with E-state index in [-0.39, 0.29) is 12.1 Å². The second-order valence-electron chi connectivity index (χ2n) is 3.25. The van der Waals surface area contributed by atoms with Gasteiger partial charge in [0.25, 0.3) is 0 Å². The van der Waals surface area contributed by atoms with Crippen molar-refractivity contribution in [2.24, 2.45) is 0 Å². The molecular weight excluding hydrogens is 255 g/mol. The summed E-state index contributed by atoms with van der Waals surface area (Å²) in [5.74, 6) is -0.919. The minimum absolute atomic E-state index is 0.134. The summed E-state index contributed by atoms with van der Waals surface area (Å²) in [5.41, 5.74) is 0.486. The predicted octanol–water partition coefficient (Wildman–Crippen LogP) is 2.20. The van der Waals surface area contributed by atoms with Gasteiger partial charge in [0.2, 0.25) is 5.91 Å². The second-order valence-corrected chi connectivity index (χ2v) is 4.11. The highest BCUT2D eigenvalue weighted by molar-refractivity contribution is 7.14. The Kier molecular flexibility index (Phi) is 3.60. The monoisotopic (exact) mass is 262 g/mol. The SMILES string of the molecule is N#CCC(=O)Nc1nc(-c2ncccc2F)cs1. The van der Waals surface area contributed by atoms with Crippen molar-refractivity contribution in [3.8, 4) is 17.5 Å². The number of thiazole rings is 1. The molecule has 0 aromatic carbocycles. The molecule has 0 atom stereocenters. The van der Waals surface area contributed by atoms with E-state index in [9.17, 15) is 9.18 Å². The first-order valence-electron chi connectivity index (χ1n) is 4.94. The van der Waals surface area contributed by atoms with E-state index in [4.69, 9.17) is 5.26 Å². The molecule has 2 aromatic rings. The van der Waals surface area contributed by atoms with Crippen LogP contribution in [-0.4, -0.2) is 15.9 Å². The molecule has 0 unspecified atom stereocenters. The minimum atomic E-state index is -0.474. The number of nitrogens with one attached hydrogen (secondary N) is 1. The van der Waals surface area contributed by atoms with Crippen molar-refractivity contribution >= 4 is 22.4 Å². The van der Waals surface area contributed by atoms with Crippen LogP contribution in [0.25, 0.3) is 11.4 Å². The van der Waals surface area contributed by atoms with Crippen molar-refractivity contribution in [1.82, 2.24) is 9.97 Å². The molecule has 2 rings (SSSR count). The van der Waals surface area contributed by atoms with Crippen molar-refractivity contribution in [2.75, 3.05) is 5.32 Å². The fourth-order valence-corrected chi connectivity index (χ4v) is 1.96. The van der Waals surface area contributed by atoms with Crippen LogP contribution in [-0.2, 0) is 4.79 Å². The number of rotatable bonds is 3. The Morgan fingerprint density at radius 1 is 1.61 bits per heavy atom. The van der Waals surface area contributed by atoms with E-state index in [1.807, 2.05) is 0 Å². The van der Waals surface area contributed by atoms with Crippen LogP contribution in [0.5, 0.6) is 0 Å². The van der Waals surface area contributed by atoms with Crippen LogP contribution in [0.2, 0.25) is 0 Å². The van der Waals surface area contributed by atoms with Crippen LogP contribution in [0.4, 0.5) is 9.52 Å². The Balaban J connectivity index is 2.19. The third-order valence-corrected chi connectivity index (χ3v) is 2.75. The van der Waals surface area contributed by atoms with Crippen LogP contribution in [0.15, 0.2) is 23.7 Å². The number of pyridine rings is 1. The van der Waals surface area contributed by atoms with E-state index in [2.05, 4.69) is 15.3 Å². The van der Waals surface area contributed by atoms with Crippen LogP contribution in [0, 0.1) is 17.1 Å². The van der Waals surface area contributed by atoms with Crippen LogP contribution in [0.3, 0.4) is 0 Å². The van der Waals surface area contributed by atoms with Gasteiger partial charge in [-0.2, -0.15) is 5.26 Å². The zero-order valence-electron chi connectivity index (χ0n) is 9.05. The van der Waals surface area contributed by atoms with Crippen molar-refractivity contribution in [2.45, 2.75) is 6.42 Å². The number of hydrogen-bond donors (Lipinski definition) is 1. The summed E-state index contributed by atoms with van der Waals surface area (Å²) in [7, 11) is 0. The largest absolute Gasteiger partial charge is 0.301 e. The van der Waals surface area contributed by atoms with E-state index in [1.54, 1.807) is 11.4 Å². The Morgan fingerprint density at radius 2 is 2.44 bits per heavy atom. The zero-order chi connectivity index (χ0) is 13.0. The first-order chi connectivity index (χ1) is 8.70.